The van der Waals surface area contributed by atoms with Crippen LogP contribution in [0, 0.1) is 17.3 Å². The van der Waals surface area contributed by atoms with E-state index in [1.165, 1.54) is 0 Å². The van der Waals surface area contributed by atoms with E-state index in [2.05, 4.69) is 39.9 Å². The Labute approximate surface area is 129 Å². The Hall–Kier alpha value is -1.26. The molecule has 0 saturated heterocycles. The van der Waals surface area contributed by atoms with Crippen LogP contribution in [-0.4, -0.2) is 41.6 Å². The van der Waals surface area contributed by atoms with Gasteiger partial charge in [0.05, 0.1) is 0 Å². The fraction of sp³-hybridized carbons (Fsp3) is 0.875. The van der Waals surface area contributed by atoms with E-state index in [0.717, 1.165) is 6.42 Å². The number of rotatable bonds is 7. The minimum absolute atomic E-state index is 0.00445. The molecular weight excluding hydrogens is 268 g/mol. The van der Waals surface area contributed by atoms with Crippen LogP contribution in [0.4, 0.5) is 4.79 Å². The lowest BCUT2D eigenvalue weighted by Gasteiger charge is -2.35. The molecule has 0 aromatic heterocycles. The molecule has 0 aliphatic carbocycles. The van der Waals surface area contributed by atoms with Crippen LogP contribution < -0.4 is 5.32 Å². The first-order valence-corrected chi connectivity index (χ1v) is 7.67. The number of nitrogens with zero attached hydrogens (tertiary/aromatic N) is 1. The lowest BCUT2D eigenvalue weighted by atomic mass is 9.87. The van der Waals surface area contributed by atoms with E-state index >= 15 is 0 Å². The quantitative estimate of drug-likeness (QED) is 0.758. The predicted molar refractivity (Wildman–Crippen MR) is 85.3 cm³/mol. The average Bonchev–Trinajstić information content (AvgIpc) is 2.31. The molecule has 1 unspecified atom stereocenters. The first-order valence-electron chi connectivity index (χ1n) is 7.67. The van der Waals surface area contributed by atoms with Crippen LogP contribution in [0.1, 0.15) is 54.4 Å². The van der Waals surface area contributed by atoms with Crippen LogP contribution >= 0.6 is 0 Å². The van der Waals surface area contributed by atoms with Gasteiger partial charge < -0.3 is 15.3 Å². The third-order valence-electron chi connectivity index (χ3n) is 3.96. The normalized spacial score (nSPS) is 14.7. The molecule has 21 heavy (non-hydrogen) atoms. The Balaban J connectivity index is 4.51. The Bertz CT molecular complexity index is 348. The molecule has 0 bridgehead atoms. The molecule has 0 aromatic rings. The Morgan fingerprint density at radius 3 is 2.10 bits per heavy atom. The smallest absolute Gasteiger partial charge is 0.317 e. The first kappa shape index (κ1) is 19.7. The first-order chi connectivity index (χ1) is 9.45. The van der Waals surface area contributed by atoms with Crippen molar-refractivity contribution in [2.45, 2.75) is 60.4 Å². The highest BCUT2D eigenvalue weighted by atomic mass is 16.4. The van der Waals surface area contributed by atoms with Gasteiger partial charge in [0.25, 0.3) is 0 Å². The highest BCUT2D eigenvalue weighted by Gasteiger charge is 2.27. The molecule has 0 aromatic carbocycles. The van der Waals surface area contributed by atoms with Crippen LogP contribution in [0.15, 0.2) is 0 Å². The molecule has 0 radical (unpaired) electrons. The molecule has 5 nitrogen and oxygen atoms in total. The van der Waals surface area contributed by atoms with Gasteiger partial charge in [-0.15, -0.1) is 0 Å². The highest BCUT2D eigenvalue weighted by Crippen LogP contribution is 2.23. The summed E-state index contributed by atoms with van der Waals surface area (Å²) in [7, 11) is 1.78. The van der Waals surface area contributed by atoms with Gasteiger partial charge in [-0.2, -0.15) is 0 Å². The summed E-state index contributed by atoms with van der Waals surface area (Å²) in [5.41, 5.74) is 0.00445. The van der Waals surface area contributed by atoms with Crippen LogP contribution in [-0.2, 0) is 4.79 Å². The molecule has 0 heterocycles. The van der Waals surface area contributed by atoms with Gasteiger partial charge in [-0.3, -0.25) is 4.79 Å². The molecule has 0 aliphatic rings. The monoisotopic (exact) mass is 300 g/mol. The number of nitrogens with one attached hydrogen (secondary N) is 1. The van der Waals surface area contributed by atoms with Gasteiger partial charge in [0.2, 0.25) is 0 Å². The number of aliphatic carboxylic acids is 1. The largest absolute Gasteiger partial charge is 0.481 e. The summed E-state index contributed by atoms with van der Waals surface area (Å²) in [5.74, 6) is -0.423. The molecule has 0 spiro atoms. The zero-order chi connectivity index (χ0) is 16.8. The molecule has 124 valence electrons. The zero-order valence-electron chi connectivity index (χ0n) is 14.6. The predicted octanol–water partition coefficient (Wildman–Crippen LogP) is 3.20. The number of urea groups is 1. The molecule has 0 fully saturated rings. The van der Waals surface area contributed by atoms with Crippen LogP contribution in [0.5, 0.6) is 0 Å². The Morgan fingerprint density at radius 2 is 1.71 bits per heavy atom. The van der Waals surface area contributed by atoms with Crippen molar-refractivity contribution in [1.82, 2.24) is 10.2 Å². The molecule has 2 atom stereocenters. The average molecular weight is 300 g/mol. The Kier molecular flexibility index (Phi) is 7.75. The number of amides is 2. The molecule has 0 rings (SSSR count). The van der Waals surface area contributed by atoms with Crippen molar-refractivity contribution in [3.8, 4) is 0 Å². The van der Waals surface area contributed by atoms with E-state index in [1.807, 2.05) is 6.92 Å². The van der Waals surface area contributed by atoms with E-state index in [1.54, 1.807) is 11.9 Å². The summed E-state index contributed by atoms with van der Waals surface area (Å²) < 4.78 is 0. The maximum Gasteiger partial charge on any atom is 0.317 e. The summed E-state index contributed by atoms with van der Waals surface area (Å²) in [6, 6.07) is -0.0444. The van der Waals surface area contributed by atoms with E-state index in [-0.39, 0.29) is 29.8 Å². The van der Waals surface area contributed by atoms with Crippen molar-refractivity contribution in [2.24, 2.45) is 17.3 Å². The van der Waals surface area contributed by atoms with Gasteiger partial charge in [0.15, 0.2) is 0 Å². The minimum Gasteiger partial charge on any atom is -0.481 e. The third-order valence-corrected chi connectivity index (χ3v) is 3.96. The number of carboxylic acids is 1. The summed E-state index contributed by atoms with van der Waals surface area (Å²) in [6.07, 6.45) is 0.891. The Morgan fingerprint density at radius 1 is 1.19 bits per heavy atom. The maximum atomic E-state index is 12.2. The molecule has 2 N–H and O–H groups in total. The molecule has 2 amide bonds. The van der Waals surface area contributed by atoms with Crippen molar-refractivity contribution in [2.75, 3.05) is 13.6 Å². The third kappa shape index (κ3) is 7.93. The topological polar surface area (TPSA) is 69.6 Å². The maximum absolute atomic E-state index is 12.2. The van der Waals surface area contributed by atoms with Gasteiger partial charge in [-0.25, -0.2) is 4.79 Å². The zero-order valence-corrected chi connectivity index (χ0v) is 14.6. The molecule has 0 aliphatic heterocycles. The van der Waals surface area contributed by atoms with Crippen LogP contribution in [0.25, 0.3) is 0 Å². The molecule has 5 heteroatoms. The van der Waals surface area contributed by atoms with Crippen molar-refractivity contribution >= 4 is 12.0 Å². The fourth-order valence-corrected chi connectivity index (χ4v) is 2.27. The van der Waals surface area contributed by atoms with E-state index in [9.17, 15) is 9.59 Å². The summed E-state index contributed by atoms with van der Waals surface area (Å²) in [5, 5.41) is 11.8. The van der Waals surface area contributed by atoms with Gasteiger partial charge in [-0.05, 0) is 30.6 Å². The number of hydrogen-bond acceptors (Lipinski definition) is 2. The standard InChI is InChI=1S/C16H32N2O3/c1-11(2)8-13(9-14(19)20)10-17-15(21)18(7)12(3)16(4,5)6/h11-13H,8-10H2,1-7H3,(H,17,21)(H,19,20)/t12?,13-/m0/s1. The number of hydrogen-bond donors (Lipinski definition) is 2. The van der Waals surface area contributed by atoms with Crippen LogP contribution in [0.2, 0.25) is 0 Å². The van der Waals surface area contributed by atoms with Crippen molar-refractivity contribution < 1.29 is 14.7 Å². The second-order valence-corrected chi connectivity index (χ2v) is 7.43. The van der Waals surface area contributed by atoms with Gasteiger partial charge in [-0.1, -0.05) is 34.6 Å². The number of carbonyl (C=O) groups is 2. The van der Waals surface area contributed by atoms with Gasteiger partial charge in [0.1, 0.15) is 0 Å². The van der Waals surface area contributed by atoms with E-state index < -0.39 is 5.97 Å². The highest BCUT2D eigenvalue weighted by molar-refractivity contribution is 5.74. The van der Waals surface area contributed by atoms with E-state index in [0.29, 0.717) is 12.5 Å². The van der Waals surface area contributed by atoms with Gasteiger partial charge in [0, 0.05) is 26.1 Å². The SMILES string of the molecule is CC(C)C[C@H](CNC(=O)N(C)C(C)C(C)(C)C)CC(=O)O. The number of carboxylic acid groups (broad SMARTS) is 1. The minimum atomic E-state index is -0.814. The summed E-state index contributed by atoms with van der Waals surface area (Å²) in [6.45, 7) is 12.8. The van der Waals surface area contributed by atoms with E-state index in [4.69, 9.17) is 5.11 Å². The lowest BCUT2D eigenvalue weighted by molar-refractivity contribution is -0.138. The molecular formula is C16H32N2O3. The van der Waals surface area contributed by atoms with Crippen molar-refractivity contribution in [3.05, 3.63) is 0 Å². The molecule has 0 saturated carbocycles. The lowest BCUT2D eigenvalue weighted by Crippen LogP contribution is -2.48. The second kappa shape index (κ2) is 8.25. The van der Waals surface area contributed by atoms with Crippen molar-refractivity contribution in [3.63, 3.8) is 0 Å². The van der Waals surface area contributed by atoms with Crippen LogP contribution in [0.3, 0.4) is 0 Å². The fourth-order valence-electron chi connectivity index (χ4n) is 2.27. The number of carbonyl (C=O) groups excluding carboxylic acids is 1. The van der Waals surface area contributed by atoms with Crippen molar-refractivity contribution in [1.29, 1.82) is 0 Å². The van der Waals surface area contributed by atoms with Gasteiger partial charge >= 0.3 is 12.0 Å². The summed E-state index contributed by atoms with van der Waals surface area (Å²) >= 11 is 0. The second-order valence-electron chi connectivity index (χ2n) is 7.43. The summed E-state index contributed by atoms with van der Waals surface area (Å²) in [4.78, 5) is 24.7.